The predicted octanol–water partition coefficient (Wildman–Crippen LogP) is 5.43. The van der Waals surface area contributed by atoms with Gasteiger partial charge in [-0.2, -0.15) is 0 Å². The normalized spacial score (nSPS) is 11.1. The molecule has 1 aromatic heterocycles. The van der Waals surface area contributed by atoms with Crippen LogP contribution in [0.25, 0.3) is 11.1 Å². The molecule has 0 unspecified atom stereocenters. The maximum atomic E-state index is 13.0. The van der Waals surface area contributed by atoms with E-state index in [0.29, 0.717) is 10.6 Å². The average Bonchev–Trinajstić information content (AvgIpc) is 2.81. The number of ketones is 1. The molecule has 0 bridgehead atoms. The van der Waals surface area contributed by atoms with Gasteiger partial charge < -0.3 is 0 Å². The Morgan fingerprint density at radius 1 is 0.806 bits per heavy atom. The molecule has 4 aromatic rings. The third-order valence-corrected chi connectivity index (χ3v) is 6.30. The standard InChI is InChI=1S/C24H17ClN2O3S/c25-20-8-11-23(22(16-20)24(28)19-12-14-26-15-13-19)27-31(29,30)21-9-6-18(7-10-21)17-4-2-1-3-5-17/h1-16,27H. The summed E-state index contributed by atoms with van der Waals surface area (Å²) in [6.07, 6.45) is 2.99. The first kappa shape index (κ1) is 20.8. The first-order valence-corrected chi connectivity index (χ1v) is 11.2. The quantitative estimate of drug-likeness (QED) is 0.399. The highest BCUT2D eigenvalue weighted by Gasteiger charge is 2.20. The number of pyridine rings is 1. The molecule has 4 rings (SSSR count). The summed E-state index contributed by atoms with van der Waals surface area (Å²) < 4.78 is 28.5. The van der Waals surface area contributed by atoms with Crippen LogP contribution < -0.4 is 4.72 Å². The monoisotopic (exact) mass is 448 g/mol. The Morgan fingerprint density at radius 2 is 1.45 bits per heavy atom. The van der Waals surface area contributed by atoms with Crippen LogP contribution in [0.1, 0.15) is 15.9 Å². The number of carbonyl (C=O) groups excluding carboxylic acids is 1. The number of anilines is 1. The molecule has 0 spiro atoms. The number of nitrogens with one attached hydrogen (secondary N) is 1. The Kier molecular flexibility index (Phi) is 5.84. The summed E-state index contributed by atoms with van der Waals surface area (Å²) in [6, 6.07) is 23.8. The van der Waals surface area contributed by atoms with E-state index in [-0.39, 0.29) is 21.9 Å². The Bertz CT molecular complexity index is 1320. The second-order valence-electron chi connectivity index (χ2n) is 6.75. The number of carbonyl (C=O) groups is 1. The van der Waals surface area contributed by atoms with E-state index in [9.17, 15) is 13.2 Å². The second-order valence-corrected chi connectivity index (χ2v) is 8.87. The van der Waals surface area contributed by atoms with Crippen LogP contribution >= 0.6 is 11.6 Å². The zero-order valence-electron chi connectivity index (χ0n) is 16.2. The smallest absolute Gasteiger partial charge is 0.261 e. The van der Waals surface area contributed by atoms with Crippen molar-refractivity contribution in [2.45, 2.75) is 4.90 Å². The molecule has 0 saturated carbocycles. The maximum Gasteiger partial charge on any atom is 0.261 e. The summed E-state index contributed by atoms with van der Waals surface area (Å²) in [5.74, 6) is -0.359. The first-order chi connectivity index (χ1) is 14.9. The van der Waals surface area contributed by atoms with Gasteiger partial charge >= 0.3 is 0 Å². The van der Waals surface area contributed by atoms with Crippen LogP contribution in [0.5, 0.6) is 0 Å². The van der Waals surface area contributed by atoms with Crippen LogP contribution in [-0.4, -0.2) is 19.2 Å². The third-order valence-electron chi connectivity index (χ3n) is 4.68. The fourth-order valence-corrected chi connectivity index (χ4v) is 4.36. The summed E-state index contributed by atoms with van der Waals surface area (Å²) >= 11 is 6.07. The Labute approximate surface area is 185 Å². The van der Waals surface area contributed by atoms with Gasteiger partial charge in [-0.15, -0.1) is 0 Å². The van der Waals surface area contributed by atoms with Crippen molar-refractivity contribution in [2.24, 2.45) is 0 Å². The topological polar surface area (TPSA) is 76.1 Å². The molecular weight excluding hydrogens is 432 g/mol. The molecular formula is C24H17ClN2O3S. The van der Waals surface area contributed by atoms with Gasteiger partial charge in [-0.1, -0.05) is 54.1 Å². The zero-order valence-corrected chi connectivity index (χ0v) is 17.8. The Balaban J connectivity index is 1.65. The molecule has 31 heavy (non-hydrogen) atoms. The lowest BCUT2D eigenvalue weighted by atomic mass is 10.0. The molecule has 0 amide bonds. The molecule has 7 heteroatoms. The number of hydrogen-bond acceptors (Lipinski definition) is 4. The molecule has 0 aliphatic rings. The van der Waals surface area contributed by atoms with Crippen LogP contribution in [0, 0.1) is 0 Å². The largest absolute Gasteiger partial charge is 0.289 e. The SMILES string of the molecule is O=C(c1ccncc1)c1cc(Cl)ccc1NS(=O)(=O)c1ccc(-c2ccccc2)cc1. The molecule has 1 heterocycles. The predicted molar refractivity (Wildman–Crippen MR) is 122 cm³/mol. The van der Waals surface area contributed by atoms with Gasteiger partial charge in [0.15, 0.2) is 5.78 Å². The molecule has 1 N–H and O–H groups in total. The lowest BCUT2D eigenvalue weighted by Crippen LogP contribution is -2.16. The van der Waals surface area contributed by atoms with Gasteiger partial charge in [0.2, 0.25) is 0 Å². The molecule has 3 aromatic carbocycles. The van der Waals surface area contributed by atoms with Crippen molar-refractivity contribution >= 4 is 33.1 Å². The highest BCUT2D eigenvalue weighted by molar-refractivity contribution is 7.92. The minimum Gasteiger partial charge on any atom is -0.289 e. The number of nitrogens with zero attached hydrogens (tertiary/aromatic N) is 1. The number of hydrogen-bond donors (Lipinski definition) is 1. The van der Waals surface area contributed by atoms with Crippen molar-refractivity contribution in [3.63, 3.8) is 0 Å². The Hall–Kier alpha value is -3.48. The van der Waals surface area contributed by atoms with Crippen molar-refractivity contribution in [1.82, 2.24) is 4.98 Å². The van der Waals surface area contributed by atoms with Crippen molar-refractivity contribution < 1.29 is 13.2 Å². The number of halogens is 1. The van der Waals surface area contributed by atoms with Crippen LogP contribution in [0.15, 0.2) is 102 Å². The molecule has 0 atom stereocenters. The van der Waals surface area contributed by atoms with Crippen LogP contribution in [0.2, 0.25) is 5.02 Å². The second kappa shape index (κ2) is 8.71. The van der Waals surface area contributed by atoms with Gasteiger partial charge in [-0.25, -0.2) is 8.42 Å². The van der Waals surface area contributed by atoms with E-state index in [1.807, 2.05) is 30.3 Å². The molecule has 0 aliphatic carbocycles. The lowest BCUT2D eigenvalue weighted by Gasteiger charge is -2.13. The van der Waals surface area contributed by atoms with Gasteiger partial charge in [0.05, 0.1) is 10.6 Å². The minimum absolute atomic E-state index is 0.0874. The number of sulfonamides is 1. The molecule has 5 nitrogen and oxygen atoms in total. The summed E-state index contributed by atoms with van der Waals surface area (Å²) in [7, 11) is -3.92. The average molecular weight is 449 g/mol. The zero-order chi connectivity index (χ0) is 21.8. The first-order valence-electron chi connectivity index (χ1n) is 9.37. The number of aromatic nitrogens is 1. The van der Waals surface area contributed by atoms with Crippen molar-refractivity contribution in [1.29, 1.82) is 0 Å². The molecule has 0 fully saturated rings. The fourth-order valence-electron chi connectivity index (χ4n) is 3.11. The lowest BCUT2D eigenvalue weighted by molar-refractivity contribution is 0.103. The summed E-state index contributed by atoms with van der Waals surface area (Å²) in [6.45, 7) is 0. The molecule has 0 saturated heterocycles. The number of rotatable bonds is 6. The molecule has 0 aliphatic heterocycles. The van der Waals surface area contributed by atoms with Crippen LogP contribution in [0.4, 0.5) is 5.69 Å². The van der Waals surface area contributed by atoms with E-state index in [1.165, 1.54) is 42.7 Å². The van der Waals surface area contributed by atoms with Gasteiger partial charge in [0.1, 0.15) is 0 Å². The summed E-state index contributed by atoms with van der Waals surface area (Å²) in [4.78, 5) is 16.9. The third kappa shape index (κ3) is 4.66. The Morgan fingerprint density at radius 3 is 2.13 bits per heavy atom. The van der Waals surface area contributed by atoms with Gasteiger partial charge in [-0.3, -0.25) is 14.5 Å². The van der Waals surface area contributed by atoms with E-state index in [0.717, 1.165) is 11.1 Å². The van der Waals surface area contributed by atoms with E-state index < -0.39 is 10.0 Å². The molecule has 154 valence electrons. The number of benzene rings is 3. The molecule has 0 radical (unpaired) electrons. The highest BCUT2D eigenvalue weighted by atomic mass is 35.5. The minimum atomic E-state index is -3.92. The maximum absolute atomic E-state index is 13.0. The summed E-state index contributed by atoms with van der Waals surface area (Å²) in [5.41, 5.74) is 2.58. The van der Waals surface area contributed by atoms with E-state index in [2.05, 4.69) is 9.71 Å². The fraction of sp³-hybridized carbons (Fsp3) is 0. The van der Waals surface area contributed by atoms with Crippen LogP contribution in [0.3, 0.4) is 0 Å². The van der Waals surface area contributed by atoms with E-state index in [1.54, 1.807) is 24.3 Å². The van der Waals surface area contributed by atoms with Crippen molar-refractivity contribution in [3.05, 3.63) is 113 Å². The summed E-state index contributed by atoms with van der Waals surface area (Å²) in [5, 5.41) is 0.326. The van der Waals surface area contributed by atoms with Crippen molar-refractivity contribution in [3.8, 4) is 11.1 Å². The van der Waals surface area contributed by atoms with Crippen molar-refractivity contribution in [2.75, 3.05) is 4.72 Å². The van der Waals surface area contributed by atoms with Gasteiger partial charge in [0.25, 0.3) is 10.0 Å². The van der Waals surface area contributed by atoms with Crippen LogP contribution in [-0.2, 0) is 10.0 Å². The van der Waals surface area contributed by atoms with Gasteiger partial charge in [-0.05, 0) is 53.6 Å². The van der Waals surface area contributed by atoms with Gasteiger partial charge in [0, 0.05) is 28.5 Å². The highest BCUT2D eigenvalue weighted by Crippen LogP contribution is 2.27. The van der Waals surface area contributed by atoms with E-state index in [4.69, 9.17) is 11.6 Å². The van der Waals surface area contributed by atoms with E-state index >= 15 is 0 Å².